The van der Waals surface area contributed by atoms with Crippen molar-refractivity contribution in [3.05, 3.63) is 47.3 Å². The van der Waals surface area contributed by atoms with E-state index in [2.05, 4.69) is 20.3 Å². The Kier molecular flexibility index (Phi) is 4.31. The number of nitrogens with zero attached hydrogens (tertiary/aromatic N) is 3. The van der Waals surface area contributed by atoms with Crippen LogP contribution in [0.4, 0.5) is 0 Å². The minimum Gasteiger partial charge on any atom is -0.487 e. The predicted octanol–water partition coefficient (Wildman–Crippen LogP) is 1.89. The average Bonchev–Trinajstić information content (AvgIpc) is 2.47. The van der Waals surface area contributed by atoms with E-state index in [9.17, 15) is 4.79 Å². The van der Waals surface area contributed by atoms with E-state index in [1.165, 1.54) is 24.9 Å². The van der Waals surface area contributed by atoms with E-state index in [4.69, 9.17) is 16.3 Å². The van der Waals surface area contributed by atoms with Gasteiger partial charge in [-0.15, -0.1) is 0 Å². The van der Waals surface area contributed by atoms with Crippen LogP contribution in [0.2, 0.25) is 5.15 Å². The number of ketones is 1. The smallest absolute Gasteiger partial charge is 0.199 e. The second-order valence-corrected chi connectivity index (χ2v) is 5.50. The molecule has 1 fully saturated rings. The molecular formula is C15H15ClN4O2. The second-order valence-electron chi connectivity index (χ2n) is 5.14. The molecule has 0 bridgehead atoms. The summed E-state index contributed by atoms with van der Waals surface area (Å²) >= 11 is 6.04. The van der Waals surface area contributed by atoms with Crippen LogP contribution in [0.1, 0.15) is 29.3 Å². The summed E-state index contributed by atoms with van der Waals surface area (Å²) < 4.78 is 5.83. The van der Waals surface area contributed by atoms with Crippen molar-refractivity contribution in [3.63, 3.8) is 0 Å². The van der Waals surface area contributed by atoms with Gasteiger partial charge in [0.2, 0.25) is 0 Å². The maximum absolute atomic E-state index is 12.4. The fraction of sp³-hybridized carbons (Fsp3) is 0.333. The molecule has 3 heterocycles. The molecule has 2 atom stereocenters. The van der Waals surface area contributed by atoms with E-state index < -0.39 is 0 Å². The highest BCUT2D eigenvalue weighted by atomic mass is 35.5. The lowest BCUT2D eigenvalue weighted by atomic mass is 10.0. The topological polar surface area (TPSA) is 77.0 Å². The summed E-state index contributed by atoms with van der Waals surface area (Å²) in [5.74, 6) is 0.240. The van der Waals surface area contributed by atoms with Gasteiger partial charge in [0.1, 0.15) is 23.3 Å². The van der Waals surface area contributed by atoms with E-state index in [1.807, 2.05) is 6.92 Å². The van der Waals surface area contributed by atoms with Gasteiger partial charge in [-0.05, 0) is 26.0 Å². The van der Waals surface area contributed by atoms with Gasteiger partial charge in [0.25, 0.3) is 0 Å². The molecule has 0 aliphatic carbocycles. The molecule has 2 aromatic rings. The zero-order valence-electron chi connectivity index (χ0n) is 12.0. The number of pyridine rings is 1. The molecule has 114 valence electrons. The van der Waals surface area contributed by atoms with Crippen molar-refractivity contribution in [3.8, 4) is 5.75 Å². The lowest BCUT2D eigenvalue weighted by Crippen LogP contribution is -2.51. The van der Waals surface area contributed by atoms with Crippen LogP contribution in [0.25, 0.3) is 0 Å². The highest BCUT2D eigenvalue weighted by Crippen LogP contribution is 2.23. The minimum absolute atomic E-state index is 0.000244. The van der Waals surface area contributed by atoms with Crippen molar-refractivity contribution in [2.45, 2.75) is 25.5 Å². The molecule has 22 heavy (non-hydrogen) atoms. The Labute approximate surface area is 132 Å². The molecule has 1 N–H and O–H groups in total. The Morgan fingerprint density at radius 3 is 2.77 bits per heavy atom. The number of rotatable bonds is 5. The summed E-state index contributed by atoms with van der Waals surface area (Å²) in [5.41, 5.74) is 0.639. The van der Waals surface area contributed by atoms with Crippen molar-refractivity contribution in [1.29, 1.82) is 0 Å². The van der Waals surface area contributed by atoms with Crippen molar-refractivity contribution in [2.75, 3.05) is 6.54 Å². The van der Waals surface area contributed by atoms with Gasteiger partial charge in [0.15, 0.2) is 5.78 Å². The Balaban J connectivity index is 1.82. The number of nitrogens with one attached hydrogen (secondary N) is 1. The van der Waals surface area contributed by atoms with Gasteiger partial charge in [0, 0.05) is 18.4 Å². The summed E-state index contributed by atoms with van der Waals surface area (Å²) in [5, 5.41) is 3.42. The number of carbonyl (C=O) groups is 1. The molecular weight excluding hydrogens is 304 g/mol. The summed E-state index contributed by atoms with van der Waals surface area (Å²) in [6.45, 7) is 2.99. The summed E-state index contributed by atoms with van der Waals surface area (Å²) in [4.78, 5) is 24.2. The van der Waals surface area contributed by atoms with Crippen LogP contribution in [-0.4, -0.2) is 39.4 Å². The van der Waals surface area contributed by atoms with Crippen LogP contribution >= 0.6 is 11.6 Å². The standard InChI is InChI=1S/C15H15ClN4O2/c1-9(13-2-3-19-13)22-11-4-12(15(16)20-7-11)14(21)10-5-17-8-18-6-10/h4-9,13,19H,2-3H2,1H3/t9?,13-/m0/s1. The maximum atomic E-state index is 12.4. The largest absolute Gasteiger partial charge is 0.487 e. The van der Waals surface area contributed by atoms with Crippen molar-refractivity contribution < 1.29 is 9.53 Å². The SMILES string of the molecule is CC(Oc1cnc(Cl)c(C(=O)c2cncnc2)c1)[C@@H]1CCN1. The molecule has 6 nitrogen and oxygen atoms in total. The van der Waals surface area contributed by atoms with Gasteiger partial charge < -0.3 is 10.1 Å². The normalized spacial score (nSPS) is 18.4. The van der Waals surface area contributed by atoms with Crippen LogP contribution in [0.5, 0.6) is 5.75 Å². The van der Waals surface area contributed by atoms with Crippen molar-refractivity contribution in [2.24, 2.45) is 0 Å². The molecule has 1 aliphatic heterocycles. The van der Waals surface area contributed by atoms with E-state index in [1.54, 1.807) is 6.07 Å². The average molecular weight is 319 g/mol. The van der Waals surface area contributed by atoms with Crippen LogP contribution in [0.15, 0.2) is 31.0 Å². The molecule has 0 radical (unpaired) electrons. The number of ether oxygens (including phenoxy) is 1. The Hall–Kier alpha value is -2.05. The van der Waals surface area contributed by atoms with Crippen LogP contribution in [-0.2, 0) is 0 Å². The van der Waals surface area contributed by atoms with Crippen LogP contribution in [0, 0.1) is 0 Å². The van der Waals surface area contributed by atoms with Crippen molar-refractivity contribution >= 4 is 17.4 Å². The Bertz CT molecular complexity index is 676. The zero-order chi connectivity index (χ0) is 15.5. The van der Waals surface area contributed by atoms with Gasteiger partial charge in [0.05, 0.1) is 17.3 Å². The molecule has 3 rings (SSSR count). The third kappa shape index (κ3) is 3.08. The molecule has 0 saturated carbocycles. The molecule has 1 unspecified atom stereocenters. The number of halogens is 1. The minimum atomic E-state index is -0.280. The van der Waals surface area contributed by atoms with E-state index in [-0.39, 0.29) is 22.6 Å². The fourth-order valence-electron chi connectivity index (χ4n) is 2.23. The van der Waals surface area contributed by atoms with Gasteiger partial charge in [-0.1, -0.05) is 11.6 Å². The quantitative estimate of drug-likeness (QED) is 0.670. The third-order valence-electron chi connectivity index (χ3n) is 3.63. The number of hydrogen-bond acceptors (Lipinski definition) is 6. The number of hydrogen-bond donors (Lipinski definition) is 1. The maximum Gasteiger partial charge on any atom is 0.199 e. The summed E-state index contributed by atoms with van der Waals surface area (Å²) in [7, 11) is 0. The zero-order valence-corrected chi connectivity index (χ0v) is 12.7. The lowest BCUT2D eigenvalue weighted by molar-refractivity contribution is 0.103. The summed E-state index contributed by atoms with van der Waals surface area (Å²) in [6, 6.07) is 1.94. The first kappa shape index (κ1) is 14.9. The molecule has 7 heteroatoms. The molecule has 2 aromatic heterocycles. The highest BCUT2D eigenvalue weighted by molar-refractivity contribution is 6.33. The number of aromatic nitrogens is 3. The monoisotopic (exact) mass is 318 g/mol. The van der Waals surface area contributed by atoms with Gasteiger partial charge in [-0.2, -0.15) is 0 Å². The second kappa shape index (κ2) is 6.37. The van der Waals surface area contributed by atoms with Gasteiger partial charge in [-0.25, -0.2) is 15.0 Å². The van der Waals surface area contributed by atoms with E-state index >= 15 is 0 Å². The predicted molar refractivity (Wildman–Crippen MR) is 81.2 cm³/mol. The van der Waals surface area contributed by atoms with Crippen LogP contribution < -0.4 is 10.1 Å². The van der Waals surface area contributed by atoms with Crippen LogP contribution in [0.3, 0.4) is 0 Å². The van der Waals surface area contributed by atoms with Gasteiger partial charge >= 0.3 is 0 Å². The highest BCUT2D eigenvalue weighted by Gasteiger charge is 2.25. The first-order valence-electron chi connectivity index (χ1n) is 7.00. The fourth-order valence-corrected chi connectivity index (χ4v) is 2.42. The molecule has 1 saturated heterocycles. The third-order valence-corrected chi connectivity index (χ3v) is 3.93. The first-order valence-corrected chi connectivity index (χ1v) is 7.38. The lowest BCUT2D eigenvalue weighted by Gasteiger charge is -2.33. The first-order chi connectivity index (χ1) is 10.6. The molecule has 0 aromatic carbocycles. The Morgan fingerprint density at radius 2 is 2.14 bits per heavy atom. The molecule has 0 amide bonds. The van der Waals surface area contributed by atoms with E-state index in [0.717, 1.165) is 13.0 Å². The summed E-state index contributed by atoms with van der Waals surface area (Å²) in [6.07, 6.45) is 6.86. The van der Waals surface area contributed by atoms with Crippen molar-refractivity contribution in [1.82, 2.24) is 20.3 Å². The molecule has 0 spiro atoms. The van der Waals surface area contributed by atoms with E-state index in [0.29, 0.717) is 17.4 Å². The number of carbonyl (C=O) groups excluding carboxylic acids is 1. The molecule has 1 aliphatic rings. The van der Waals surface area contributed by atoms with Gasteiger partial charge in [-0.3, -0.25) is 4.79 Å². The Morgan fingerprint density at radius 1 is 1.41 bits per heavy atom.